The Bertz CT molecular complexity index is 1110. The van der Waals surface area contributed by atoms with E-state index < -0.39 is 12.1 Å². The van der Waals surface area contributed by atoms with Crippen LogP contribution >= 0.6 is 11.3 Å². The van der Waals surface area contributed by atoms with Gasteiger partial charge < -0.3 is 20.1 Å². The number of halogens is 3. The number of ether oxygens (including phenoxy) is 1. The highest BCUT2D eigenvalue weighted by Gasteiger charge is 2.38. The molecule has 1 saturated heterocycles. The van der Waals surface area contributed by atoms with Crippen LogP contribution in [0.25, 0.3) is 21.3 Å². The molecule has 4 rings (SSSR count). The molecule has 0 saturated carbocycles. The summed E-state index contributed by atoms with van der Waals surface area (Å²) in [5.41, 5.74) is 9.18. The monoisotopic (exact) mass is 455 g/mol. The summed E-state index contributed by atoms with van der Waals surface area (Å²) in [6.07, 6.45) is -0.907. The van der Waals surface area contributed by atoms with Crippen LogP contribution in [0.15, 0.2) is 17.6 Å². The third-order valence-electron chi connectivity index (χ3n) is 4.83. The first kappa shape index (κ1) is 22.9. The van der Waals surface area contributed by atoms with Gasteiger partial charge in [0, 0.05) is 0 Å². The molecule has 31 heavy (non-hydrogen) atoms. The zero-order chi connectivity index (χ0) is 22.8. The van der Waals surface area contributed by atoms with E-state index >= 15 is 0 Å². The first-order chi connectivity index (χ1) is 14.6. The Labute approximate surface area is 179 Å². The second-order valence-electron chi connectivity index (χ2n) is 7.11. The molecule has 0 aromatic carbocycles. The van der Waals surface area contributed by atoms with Crippen LogP contribution in [0.4, 0.5) is 13.2 Å². The molecule has 3 N–H and O–H groups in total. The number of hydrogen-bond acceptors (Lipinski definition) is 7. The smallest absolute Gasteiger partial charge is 0.475 e. The molecule has 166 valence electrons. The molecule has 1 fully saturated rings. The Hall–Kier alpha value is -2.75. The molecule has 0 unspecified atom stereocenters. The van der Waals surface area contributed by atoms with Crippen LogP contribution < -0.4 is 5.73 Å². The molecule has 3 aromatic rings. The molecule has 1 aliphatic heterocycles. The lowest BCUT2D eigenvalue weighted by molar-refractivity contribution is -0.192. The Morgan fingerprint density at radius 3 is 2.74 bits per heavy atom. The second-order valence-corrected chi connectivity index (χ2v) is 8.02. The molecular weight excluding hydrogens is 435 g/mol. The third kappa shape index (κ3) is 4.95. The molecule has 4 heterocycles. The lowest BCUT2D eigenvalue weighted by atomic mass is 10.0. The zero-order valence-electron chi connectivity index (χ0n) is 16.5. The van der Waals surface area contributed by atoms with E-state index in [0.717, 1.165) is 39.9 Å². The largest absolute Gasteiger partial charge is 0.490 e. The van der Waals surface area contributed by atoms with Crippen LogP contribution in [0, 0.1) is 11.3 Å². The van der Waals surface area contributed by atoms with Crippen molar-refractivity contribution < 1.29 is 27.8 Å². The van der Waals surface area contributed by atoms with Crippen molar-refractivity contribution in [3.63, 3.8) is 0 Å². The number of imidazole rings is 1. The Kier molecular flexibility index (Phi) is 6.78. The Balaban J connectivity index is 0.000000339. The quantitative estimate of drug-likeness (QED) is 0.612. The summed E-state index contributed by atoms with van der Waals surface area (Å²) in [5.74, 6) is -1.88. The maximum atomic E-state index is 10.6. The molecule has 1 aliphatic rings. The number of nitrogens with two attached hydrogens (primary N) is 1. The van der Waals surface area contributed by atoms with E-state index in [-0.39, 0.29) is 18.2 Å². The van der Waals surface area contributed by atoms with Crippen molar-refractivity contribution in [2.24, 2.45) is 5.73 Å². The minimum absolute atomic E-state index is 0.0446. The SMILES string of the molecule is C[C@@H](N)c1nc2cnc3ccsc3c2n1[C@H]1CC[C@H](CC#N)OC1.O=C(O)C(F)(F)F. The van der Waals surface area contributed by atoms with Crippen LogP contribution in [-0.2, 0) is 9.53 Å². The van der Waals surface area contributed by atoms with Gasteiger partial charge in [0.25, 0.3) is 0 Å². The van der Waals surface area contributed by atoms with Gasteiger partial charge in [0.15, 0.2) is 0 Å². The number of alkyl halides is 3. The standard InChI is InChI=1S/C17H19N5OS.C2HF3O2/c1-10(19)17-21-14-8-20-13-5-7-24-16(13)15(14)22(17)11-2-3-12(4-6-18)23-9-11;3-2(4,5)1(6)7/h5,7-8,10-12H,2-4,9,19H2,1H3;(H,6,7)/t10-,11+,12-;/m1./s1. The van der Waals surface area contributed by atoms with Gasteiger partial charge in [-0.25, -0.2) is 9.78 Å². The van der Waals surface area contributed by atoms with Gasteiger partial charge in [-0.2, -0.15) is 18.4 Å². The van der Waals surface area contributed by atoms with Crippen molar-refractivity contribution in [1.82, 2.24) is 14.5 Å². The summed E-state index contributed by atoms with van der Waals surface area (Å²) >= 11 is 1.68. The summed E-state index contributed by atoms with van der Waals surface area (Å²) in [6, 6.07) is 4.26. The molecule has 0 spiro atoms. The van der Waals surface area contributed by atoms with Gasteiger partial charge in [0.2, 0.25) is 0 Å². The lowest BCUT2D eigenvalue weighted by Crippen LogP contribution is -2.29. The van der Waals surface area contributed by atoms with E-state index in [1.807, 2.05) is 19.2 Å². The number of nitriles is 1. The normalized spacial score (nSPS) is 20.1. The molecule has 0 aliphatic carbocycles. The number of carbonyl (C=O) groups is 1. The average molecular weight is 455 g/mol. The number of fused-ring (bicyclic) bond motifs is 3. The molecule has 0 bridgehead atoms. The van der Waals surface area contributed by atoms with E-state index in [0.29, 0.717) is 13.0 Å². The number of thiophene rings is 1. The first-order valence-electron chi connectivity index (χ1n) is 9.41. The van der Waals surface area contributed by atoms with Crippen LogP contribution in [0.1, 0.15) is 44.1 Å². The molecule has 3 aromatic heterocycles. The predicted octanol–water partition coefficient (Wildman–Crippen LogP) is 3.93. The number of carboxylic acid groups (broad SMARTS) is 1. The molecule has 8 nitrogen and oxygen atoms in total. The molecule has 12 heteroatoms. The minimum atomic E-state index is -5.08. The Morgan fingerprint density at radius 2 is 2.19 bits per heavy atom. The van der Waals surface area contributed by atoms with Gasteiger partial charge in [-0.15, -0.1) is 11.3 Å². The predicted molar refractivity (Wildman–Crippen MR) is 107 cm³/mol. The number of pyridine rings is 1. The first-order valence-corrected chi connectivity index (χ1v) is 10.3. The van der Waals surface area contributed by atoms with Crippen LogP contribution in [0.5, 0.6) is 0 Å². The minimum Gasteiger partial charge on any atom is -0.475 e. The molecule has 0 amide bonds. The van der Waals surface area contributed by atoms with Gasteiger partial charge in [0.05, 0.1) is 59.2 Å². The number of aromatic nitrogens is 3. The van der Waals surface area contributed by atoms with E-state index in [1.165, 1.54) is 0 Å². The van der Waals surface area contributed by atoms with E-state index in [4.69, 9.17) is 30.6 Å². The lowest BCUT2D eigenvalue weighted by Gasteiger charge is -2.30. The molecule has 3 atom stereocenters. The highest BCUT2D eigenvalue weighted by Crippen LogP contribution is 2.35. The zero-order valence-corrected chi connectivity index (χ0v) is 17.3. The maximum absolute atomic E-state index is 10.6. The molecular formula is C19H20F3N5O3S. The van der Waals surface area contributed by atoms with Crippen molar-refractivity contribution in [1.29, 1.82) is 5.26 Å². The fourth-order valence-electron chi connectivity index (χ4n) is 3.45. The average Bonchev–Trinajstić information content (AvgIpc) is 3.32. The third-order valence-corrected chi connectivity index (χ3v) is 5.74. The number of aliphatic carboxylic acids is 1. The van der Waals surface area contributed by atoms with Gasteiger partial charge >= 0.3 is 12.1 Å². The topological polar surface area (TPSA) is 127 Å². The van der Waals surface area contributed by atoms with Gasteiger partial charge in [-0.05, 0) is 31.2 Å². The molecule has 0 radical (unpaired) electrons. The van der Waals surface area contributed by atoms with Crippen LogP contribution in [0.3, 0.4) is 0 Å². The van der Waals surface area contributed by atoms with Crippen molar-refractivity contribution in [3.8, 4) is 6.07 Å². The van der Waals surface area contributed by atoms with Crippen molar-refractivity contribution in [2.75, 3.05) is 6.61 Å². The van der Waals surface area contributed by atoms with Crippen LogP contribution in [-0.4, -0.2) is 44.5 Å². The number of carboxylic acids is 1. The fraction of sp³-hybridized carbons (Fsp3) is 0.474. The van der Waals surface area contributed by atoms with Crippen molar-refractivity contribution in [2.45, 2.75) is 50.6 Å². The maximum Gasteiger partial charge on any atom is 0.490 e. The highest BCUT2D eigenvalue weighted by molar-refractivity contribution is 7.18. The van der Waals surface area contributed by atoms with Crippen LogP contribution in [0.2, 0.25) is 0 Å². The summed E-state index contributed by atoms with van der Waals surface area (Å²) in [5, 5.41) is 18.0. The van der Waals surface area contributed by atoms with Crippen molar-refractivity contribution in [3.05, 3.63) is 23.5 Å². The van der Waals surface area contributed by atoms with Gasteiger partial charge in [0.1, 0.15) is 11.3 Å². The van der Waals surface area contributed by atoms with Gasteiger partial charge in [-0.1, -0.05) is 0 Å². The van der Waals surface area contributed by atoms with E-state index in [9.17, 15) is 13.2 Å². The summed E-state index contributed by atoms with van der Waals surface area (Å²) in [4.78, 5) is 18.1. The summed E-state index contributed by atoms with van der Waals surface area (Å²) in [7, 11) is 0. The Morgan fingerprint density at radius 1 is 1.48 bits per heavy atom. The van der Waals surface area contributed by atoms with E-state index in [2.05, 4.69) is 21.0 Å². The second kappa shape index (κ2) is 9.17. The number of nitrogens with zero attached hydrogens (tertiary/aromatic N) is 4. The van der Waals surface area contributed by atoms with Gasteiger partial charge in [-0.3, -0.25) is 4.98 Å². The van der Waals surface area contributed by atoms with Crippen molar-refractivity contribution >= 4 is 38.6 Å². The summed E-state index contributed by atoms with van der Waals surface area (Å²) < 4.78 is 41.0. The summed E-state index contributed by atoms with van der Waals surface area (Å²) in [6.45, 7) is 2.55. The number of rotatable bonds is 3. The highest BCUT2D eigenvalue weighted by atomic mass is 32.1. The fourth-order valence-corrected chi connectivity index (χ4v) is 4.33. The number of hydrogen-bond donors (Lipinski definition) is 2. The van der Waals surface area contributed by atoms with E-state index in [1.54, 1.807) is 11.3 Å².